The minimum absolute atomic E-state index is 0. The number of hydrogen-bond acceptors (Lipinski definition) is 7. The van der Waals surface area contributed by atoms with Crippen LogP contribution in [0.1, 0.15) is 20.8 Å². The van der Waals surface area contributed by atoms with E-state index >= 15 is 0 Å². The van der Waals surface area contributed by atoms with E-state index in [0.29, 0.717) is 0 Å². The molecule has 0 aliphatic heterocycles. The average Bonchev–Trinajstić information content (AvgIpc) is 2.27. The molecule has 0 amide bonds. The van der Waals surface area contributed by atoms with E-state index < -0.39 is 23.5 Å². The Kier molecular flexibility index (Phi) is 11.4. The maximum absolute atomic E-state index is 11.6. The van der Waals surface area contributed by atoms with E-state index in [9.17, 15) is 14.4 Å². The molecule has 0 aromatic heterocycles. The molecule has 0 atom stereocenters. The van der Waals surface area contributed by atoms with E-state index in [-0.39, 0.29) is 53.9 Å². The van der Waals surface area contributed by atoms with Crippen LogP contribution in [0.25, 0.3) is 0 Å². The molecule has 0 aliphatic rings. The van der Waals surface area contributed by atoms with E-state index in [0.717, 1.165) is 0 Å². The molecule has 8 nitrogen and oxygen atoms in total. The Balaban J connectivity index is 0. The number of ether oxygens (including phenoxy) is 2. The van der Waals surface area contributed by atoms with Gasteiger partial charge in [0.05, 0.1) is 13.2 Å². The number of rotatable bonds is 9. The number of carbonyl (C=O) groups is 3. The average molecular weight is 475 g/mol. The molecular formula is C12H21NO7W. The van der Waals surface area contributed by atoms with Gasteiger partial charge < -0.3 is 19.7 Å². The molecule has 9 heteroatoms. The van der Waals surface area contributed by atoms with Gasteiger partial charge in [0, 0.05) is 41.1 Å². The number of esters is 2. The molecule has 0 radical (unpaired) electrons. The number of aliphatic hydroxyl groups is 1. The zero-order valence-corrected chi connectivity index (χ0v) is 15.3. The van der Waals surface area contributed by atoms with Gasteiger partial charge in [-0.15, -0.1) is 0 Å². The molecule has 0 rings (SSSR count). The third kappa shape index (κ3) is 10.4. The first-order valence-corrected chi connectivity index (χ1v) is 6.11. The normalized spacial score (nSPS) is 10.7. The Bertz CT molecular complexity index is 360. The summed E-state index contributed by atoms with van der Waals surface area (Å²) >= 11 is 0. The maximum atomic E-state index is 11.6. The second-order valence-corrected chi connectivity index (χ2v) is 4.63. The van der Waals surface area contributed by atoms with Crippen molar-refractivity contribution in [1.82, 2.24) is 4.90 Å². The van der Waals surface area contributed by atoms with Gasteiger partial charge in [0.2, 0.25) is 5.60 Å². The maximum Gasteiger partial charge on any atom is 0.347 e. The van der Waals surface area contributed by atoms with E-state index in [1.807, 2.05) is 0 Å². The summed E-state index contributed by atoms with van der Waals surface area (Å²) in [5, 5.41) is 17.7. The van der Waals surface area contributed by atoms with Gasteiger partial charge in [-0.2, -0.15) is 0 Å². The zero-order chi connectivity index (χ0) is 15.8. The Morgan fingerprint density at radius 2 is 1.76 bits per heavy atom. The van der Waals surface area contributed by atoms with E-state index in [1.165, 1.54) is 25.7 Å². The molecular weight excluding hydrogens is 454 g/mol. The minimum Gasteiger partial charge on any atom is -0.478 e. The van der Waals surface area contributed by atoms with Crippen LogP contribution in [-0.4, -0.2) is 71.5 Å². The molecule has 0 bridgehead atoms. The van der Waals surface area contributed by atoms with Crippen LogP contribution in [0.3, 0.4) is 0 Å². The predicted octanol–water partition coefficient (Wildman–Crippen LogP) is -0.752. The molecule has 0 aromatic rings. The Labute approximate surface area is 137 Å². The fourth-order valence-electron chi connectivity index (χ4n) is 1.27. The summed E-state index contributed by atoms with van der Waals surface area (Å²) in [6.45, 7) is 3.91. The van der Waals surface area contributed by atoms with Gasteiger partial charge in [-0.3, -0.25) is 14.5 Å². The van der Waals surface area contributed by atoms with E-state index in [4.69, 9.17) is 19.7 Å². The molecule has 0 saturated heterocycles. The van der Waals surface area contributed by atoms with Crippen LogP contribution in [-0.2, 0) is 44.9 Å². The van der Waals surface area contributed by atoms with Crippen molar-refractivity contribution < 1.29 is 55.1 Å². The fraction of sp³-hybridized carbons (Fsp3) is 0.750. The van der Waals surface area contributed by atoms with Gasteiger partial charge in [0.25, 0.3) is 0 Å². The number of aliphatic hydroxyl groups excluding tert-OH is 1. The van der Waals surface area contributed by atoms with E-state index in [1.54, 1.807) is 0 Å². The van der Waals surface area contributed by atoms with Crippen molar-refractivity contribution in [3.05, 3.63) is 0 Å². The molecule has 2 N–H and O–H groups in total. The molecule has 0 fully saturated rings. The first-order valence-electron chi connectivity index (χ1n) is 6.11. The zero-order valence-electron chi connectivity index (χ0n) is 12.3. The Morgan fingerprint density at radius 3 is 2.19 bits per heavy atom. The van der Waals surface area contributed by atoms with Crippen molar-refractivity contribution in [2.24, 2.45) is 0 Å². The van der Waals surface area contributed by atoms with Crippen molar-refractivity contribution >= 4 is 17.9 Å². The third-order valence-electron chi connectivity index (χ3n) is 2.37. The first kappa shape index (κ1) is 22.3. The van der Waals surface area contributed by atoms with Gasteiger partial charge in [-0.05, 0) is 13.8 Å². The number of aliphatic carboxylic acids is 1. The SMILES string of the molecule is CC(=O)OCCN(CCO)CC(=O)OC(C)(C)C(=O)O.[W]. The quantitative estimate of drug-likeness (QED) is 0.419. The Morgan fingerprint density at radius 1 is 1.19 bits per heavy atom. The number of carbonyl (C=O) groups excluding carboxylic acids is 2. The van der Waals surface area contributed by atoms with Crippen LogP contribution in [0, 0.1) is 0 Å². The number of nitrogens with zero attached hydrogens (tertiary/aromatic N) is 1. The molecule has 0 heterocycles. The van der Waals surface area contributed by atoms with Crippen LogP contribution in [0.15, 0.2) is 0 Å². The van der Waals surface area contributed by atoms with Crippen molar-refractivity contribution in [3.8, 4) is 0 Å². The third-order valence-corrected chi connectivity index (χ3v) is 2.37. The summed E-state index contributed by atoms with van der Waals surface area (Å²) < 4.78 is 9.56. The van der Waals surface area contributed by atoms with Crippen LogP contribution in [0.5, 0.6) is 0 Å². The van der Waals surface area contributed by atoms with Crippen LogP contribution in [0.4, 0.5) is 0 Å². The molecule has 0 unspecified atom stereocenters. The standard InChI is InChI=1S/C12H21NO7.W/c1-9(15)19-7-5-13(4-6-14)8-10(16)20-12(2,3)11(17)18;/h14H,4-8H2,1-3H3,(H,17,18);. The molecule has 0 spiro atoms. The first-order chi connectivity index (χ1) is 9.19. The second-order valence-electron chi connectivity index (χ2n) is 4.63. The molecule has 0 aromatic carbocycles. The minimum atomic E-state index is -1.61. The monoisotopic (exact) mass is 475 g/mol. The summed E-state index contributed by atoms with van der Waals surface area (Å²) in [7, 11) is 0. The summed E-state index contributed by atoms with van der Waals surface area (Å²) in [6, 6.07) is 0. The second kappa shape index (κ2) is 10.7. The predicted molar refractivity (Wildman–Crippen MR) is 68.0 cm³/mol. The number of carboxylic acids is 1. The summed E-state index contributed by atoms with van der Waals surface area (Å²) in [5.74, 6) is -2.42. The van der Waals surface area contributed by atoms with E-state index in [2.05, 4.69) is 0 Å². The summed E-state index contributed by atoms with van der Waals surface area (Å²) in [6.07, 6.45) is 0. The molecule has 0 saturated carbocycles. The molecule has 0 aliphatic carbocycles. The smallest absolute Gasteiger partial charge is 0.347 e. The number of carboxylic acid groups (broad SMARTS) is 1. The van der Waals surface area contributed by atoms with Gasteiger partial charge in [0.1, 0.15) is 6.61 Å². The van der Waals surface area contributed by atoms with Crippen molar-refractivity contribution in [2.75, 3.05) is 32.8 Å². The van der Waals surface area contributed by atoms with Crippen LogP contribution >= 0.6 is 0 Å². The fourth-order valence-corrected chi connectivity index (χ4v) is 1.27. The van der Waals surface area contributed by atoms with Gasteiger partial charge in [0.15, 0.2) is 0 Å². The van der Waals surface area contributed by atoms with Crippen molar-refractivity contribution in [3.63, 3.8) is 0 Å². The van der Waals surface area contributed by atoms with Crippen molar-refractivity contribution in [1.29, 1.82) is 0 Å². The van der Waals surface area contributed by atoms with Gasteiger partial charge in [-0.1, -0.05) is 0 Å². The molecule has 122 valence electrons. The molecule has 21 heavy (non-hydrogen) atoms. The number of hydrogen-bond donors (Lipinski definition) is 2. The van der Waals surface area contributed by atoms with Crippen LogP contribution < -0.4 is 0 Å². The largest absolute Gasteiger partial charge is 0.478 e. The van der Waals surface area contributed by atoms with Crippen molar-refractivity contribution in [2.45, 2.75) is 26.4 Å². The summed E-state index contributed by atoms with van der Waals surface area (Å²) in [4.78, 5) is 34.6. The topological polar surface area (TPSA) is 113 Å². The van der Waals surface area contributed by atoms with Crippen LogP contribution in [0.2, 0.25) is 0 Å². The Hall–Kier alpha value is -0.982. The summed E-state index contributed by atoms with van der Waals surface area (Å²) in [5.41, 5.74) is -1.61. The van der Waals surface area contributed by atoms with Gasteiger partial charge in [-0.25, -0.2) is 4.79 Å². The van der Waals surface area contributed by atoms with Gasteiger partial charge >= 0.3 is 17.9 Å².